The lowest BCUT2D eigenvalue weighted by atomic mass is 10.1. The summed E-state index contributed by atoms with van der Waals surface area (Å²) in [4.78, 5) is 8.93. The van der Waals surface area contributed by atoms with E-state index in [1.807, 2.05) is 64.3 Å². The molecule has 0 spiro atoms. The SMILES string of the molecule is Cc1cnc([C@H](OC(C)C)[C@H](C)S(=O)(=O)N(CC[Si](C)(C)C)c2nnc(-c3cc(C)ccc3Br)n2C2COC(C)(C)OC2)nc1. The number of hydrogen-bond donors (Lipinski definition) is 0. The van der Waals surface area contributed by atoms with Crippen molar-refractivity contribution in [3.05, 3.63) is 52.0 Å². The van der Waals surface area contributed by atoms with Crippen molar-refractivity contribution < 1.29 is 22.6 Å². The van der Waals surface area contributed by atoms with Gasteiger partial charge in [-0.15, -0.1) is 10.2 Å². The van der Waals surface area contributed by atoms with Crippen LogP contribution in [0.5, 0.6) is 0 Å². The van der Waals surface area contributed by atoms with E-state index in [2.05, 4.69) is 55.7 Å². The topological polar surface area (TPSA) is 122 Å². The van der Waals surface area contributed by atoms with E-state index in [0.717, 1.165) is 21.2 Å². The van der Waals surface area contributed by atoms with E-state index < -0.39 is 35.2 Å². The molecule has 3 heterocycles. The number of anilines is 1. The lowest BCUT2D eigenvalue weighted by Crippen LogP contribution is -2.46. The summed E-state index contributed by atoms with van der Waals surface area (Å²) < 4.78 is 52.2. The first kappa shape index (κ1) is 35.6. The van der Waals surface area contributed by atoms with E-state index >= 15 is 0 Å². The van der Waals surface area contributed by atoms with Crippen molar-refractivity contribution in [2.75, 3.05) is 24.1 Å². The average Bonchev–Trinajstić information content (AvgIpc) is 3.36. The van der Waals surface area contributed by atoms with Crippen LogP contribution in [0.4, 0.5) is 5.95 Å². The standard InChI is InChI=1S/C31H47BrN6O5SSi/c1-20(2)43-27(28-33-16-22(4)17-34-28)23(5)44(39,40)37(13-14-45(8,9)10)30-36-35-29(25-15-21(3)11-12-26(25)32)38(30)24-18-41-31(6,7)42-19-24/h11-12,15-17,20,23-24,27H,13-14,18-19H2,1-10H3/t23-,27+/m0/s1. The third-order valence-corrected chi connectivity index (χ3v) is 12.2. The van der Waals surface area contributed by atoms with Crippen molar-refractivity contribution in [3.8, 4) is 11.4 Å². The van der Waals surface area contributed by atoms with Crippen molar-refractivity contribution in [2.24, 2.45) is 0 Å². The highest BCUT2D eigenvalue weighted by molar-refractivity contribution is 9.10. The minimum Gasteiger partial charge on any atom is -0.366 e. The van der Waals surface area contributed by atoms with Gasteiger partial charge in [-0.1, -0.05) is 47.2 Å². The van der Waals surface area contributed by atoms with Gasteiger partial charge in [-0.3, -0.25) is 4.57 Å². The number of rotatable bonds is 12. The minimum absolute atomic E-state index is 0.216. The Morgan fingerprint density at radius 1 is 1.07 bits per heavy atom. The molecular formula is C31H47BrN6O5SSi. The Bertz CT molecular complexity index is 1570. The fourth-order valence-electron chi connectivity index (χ4n) is 4.98. The van der Waals surface area contributed by atoms with Crippen LogP contribution in [0.15, 0.2) is 35.1 Å². The summed E-state index contributed by atoms with van der Waals surface area (Å²) in [5.41, 5.74) is 2.70. The summed E-state index contributed by atoms with van der Waals surface area (Å²) in [5, 5.41) is 8.18. The molecule has 14 heteroatoms. The Morgan fingerprint density at radius 3 is 2.27 bits per heavy atom. The highest BCUT2D eigenvalue weighted by Gasteiger charge is 2.42. The van der Waals surface area contributed by atoms with Gasteiger partial charge in [0.05, 0.1) is 25.4 Å². The Labute approximate surface area is 277 Å². The number of sulfonamides is 1. The molecule has 2 atom stereocenters. The van der Waals surface area contributed by atoms with E-state index in [1.54, 1.807) is 19.3 Å². The number of aromatic nitrogens is 5. The summed E-state index contributed by atoms with van der Waals surface area (Å²) in [5.74, 6) is 0.295. The summed E-state index contributed by atoms with van der Waals surface area (Å²) in [6, 6.07) is 6.29. The van der Waals surface area contributed by atoms with Crippen LogP contribution in [0, 0.1) is 13.8 Å². The second-order valence-electron chi connectivity index (χ2n) is 13.7. The van der Waals surface area contributed by atoms with Crippen molar-refractivity contribution in [2.45, 2.75) is 103 Å². The Hall–Kier alpha value is -2.23. The molecule has 1 aromatic carbocycles. The maximum atomic E-state index is 14.9. The molecule has 2 aromatic heterocycles. The second-order valence-corrected chi connectivity index (χ2v) is 22.4. The second kappa shape index (κ2) is 13.9. The number of nitrogens with zero attached hydrogens (tertiary/aromatic N) is 6. The quantitative estimate of drug-likeness (QED) is 0.194. The summed E-state index contributed by atoms with van der Waals surface area (Å²) in [6.07, 6.45) is 2.18. The molecule has 4 rings (SSSR count). The molecule has 3 aromatic rings. The van der Waals surface area contributed by atoms with Crippen LogP contribution in [0.1, 0.15) is 63.7 Å². The molecule has 45 heavy (non-hydrogen) atoms. The van der Waals surface area contributed by atoms with Crippen LogP contribution in [0.3, 0.4) is 0 Å². The Balaban J connectivity index is 1.90. The monoisotopic (exact) mass is 722 g/mol. The van der Waals surface area contributed by atoms with Gasteiger partial charge in [0.15, 0.2) is 17.4 Å². The third-order valence-electron chi connectivity index (χ3n) is 7.62. The zero-order valence-corrected chi connectivity index (χ0v) is 31.4. The number of benzene rings is 1. The fraction of sp³-hybridized carbons (Fsp3) is 0.613. The lowest BCUT2D eigenvalue weighted by molar-refractivity contribution is -0.258. The predicted molar refractivity (Wildman–Crippen MR) is 183 cm³/mol. The molecule has 0 radical (unpaired) electrons. The van der Waals surface area contributed by atoms with Crippen LogP contribution < -0.4 is 4.31 Å². The average molecular weight is 724 g/mol. The van der Waals surface area contributed by atoms with Crippen molar-refractivity contribution in [1.82, 2.24) is 24.7 Å². The summed E-state index contributed by atoms with van der Waals surface area (Å²) >= 11 is 3.68. The molecule has 0 aliphatic carbocycles. The molecule has 1 aliphatic rings. The number of aryl methyl sites for hydroxylation is 2. The normalized spacial score (nSPS) is 17.4. The molecule has 0 amide bonds. The molecule has 1 aliphatic heterocycles. The zero-order chi connectivity index (χ0) is 33.3. The van der Waals surface area contributed by atoms with Crippen LogP contribution in [-0.2, 0) is 24.2 Å². The molecule has 11 nitrogen and oxygen atoms in total. The molecule has 1 saturated heterocycles. The minimum atomic E-state index is -4.12. The van der Waals surface area contributed by atoms with Gasteiger partial charge in [-0.25, -0.2) is 22.7 Å². The molecule has 0 unspecified atom stereocenters. The first-order valence-corrected chi connectivity index (χ1v) is 21.3. The number of halogens is 1. The molecule has 0 saturated carbocycles. The zero-order valence-electron chi connectivity index (χ0n) is 28.0. The van der Waals surface area contributed by atoms with Gasteiger partial charge in [0.1, 0.15) is 11.4 Å². The highest BCUT2D eigenvalue weighted by atomic mass is 79.9. The molecule has 1 fully saturated rings. The Morgan fingerprint density at radius 2 is 1.69 bits per heavy atom. The maximum Gasteiger partial charge on any atom is 0.243 e. The van der Waals surface area contributed by atoms with E-state index in [-0.39, 0.29) is 24.6 Å². The van der Waals surface area contributed by atoms with Gasteiger partial charge in [0.25, 0.3) is 0 Å². The highest BCUT2D eigenvalue weighted by Crippen LogP contribution is 2.38. The first-order chi connectivity index (χ1) is 20.9. The van der Waals surface area contributed by atoms with E-state index in [9.17, 15) is 8.42 Å². The van der Waals surface area contributed by atoms with Crippen LogP contribution >= 0.6 is 15.9 Å². The molecule has 0 bridgehead atoms. The van der Waals surface area contributed by atoms with Crippen LogP contribution in [0.2, 0.25) is 25.7 Å². The largest absolute Gasteiger partial charge is 0.366 e. The molecule has 0 N–H and O–H groups in total. The van der Waals surface area contributed by atoms with Gasteiger partial charge in [-0.05, 0) is 72.2 Å². The van der Waals surface area contributed by atoms with Gasteiger partial charge in [0.2, 0.25) is 16.0 Å². The van der Waals surface area contributed by atoms with Crippen LogP contribution in [0.25, 0.3) is 11.4 Å². The fourth-order valence-corrected chi connectivity index (χ4v) is 8.05. The summed E-state index contributed by atoms with van der Waals surface area (Å²) in [7, 11) is -5.83. The van der Waals surface area contributed by atoms with Gasteiger partial charge in [0, 0.05) is 37.0 Å². The van der Waals surface area contributed by atoms with Crippen LogP contribution in [-0.4, -0.2) is 78.1 Å². The number of ether oxygens (including phenoxy) is 3. The maximum absolute atomic E-state index is 14.9. The van der Waals surface area contributed by atoms with E-state index in [1.165, 1.54) is 4.31 Å². The van der Waals surface area contributed by atoms with Gasteiger partial charge >= 0.3 is 0 Å². The van der Waals surface area contributed by atoms with Crippen molar-refractivity contribution >= 4 is 40.0 Å². The van der Waals surface area contributed by atoms with Crippen molar-refractivity contribution in [3.63, 3.8) is 0 Å². The lowest BCUT2D eigenvalue weighted by Gasteiger charge is -2.37. The van der Waals surface area contributed by atoms with Gasteiger partial charge < -0.3 is 14.2 Å². The third kappa shape index (κ3) is 8.57. The predicted octanol–water partition coefficient (Wildman–Crippen LogP) is 6.47. The van der Waals surface area contributed by atoms with Crippen molar-refractivity contribution in [1.29, 1.82) is 0 Å². The van der Waals surface area contributed by atoms with E-state index in [4.69, 9.17) is 14.2 Å². The first-order valence-electron chi connectivity index (χ1n) is 15.3. The van der Waals surface area contributed by atoms with Gasteiger partial charge in [-0.2, -0.15) is 0 Å². The Kier molecular flexibility index (Phi) is 11.0. The van der Waals surface area contributed by atoms with E-state index in [0.29, 0.717) is 30.9 Å². The molecule has 248 valence electrons. The molecular weight excluding hydrogens is 676 g/mol. The smallest absolute Gasteiger partial charge is 0.243 e. The summed E-state index contributed by atoms with van der Waals surface area (Å²) in [6.45, 7) is 20.5. The number of hydrogen-bond acceptors (Lipinski definition) is 9.